The Morgan fingerprint density at radius 1 is 0.956 bits per heavy atom. The number of likely N-dealkylation sites (tertiary alicyclic amines) is 1. The Kier molecular flexibility index (Phi) is 12.7. The van der Waals surface area contributed by atoms with Gasteiger partial charge >= 0.3 is 18.3 Å². The van der Waals surface area contributed by atoms with Crippen molar-refractivity contribution in [1.29, 1.82) is 0 Å². The van der Waals surface area contributed by atoms with Crippen molar-refractivity contribution in [1.82, 2.24) is 15.5 Å². The zero-order valence-electron chi connectivity index (χ0n) is 24.1. The van der Waals surface area contributed by atoms with Crippen LogP contribution in [0.1, 0.15) is 24.5 Å². The molecule has 2 aromatic carbocycles. The van der Waals surface area contributed by atoms with E-state index in [2.05, 4.69) is 17.2 Å². The molecule has 17 heteroatoms. The molecule has 0 aliphatic carbocycles. The molecule has 1 unspecified atom stereocenters. The molecule has 1 fully saturated rings. The Hall–Kier alpha value is -5.19. The lowest BCUT2D eigenvalue weighted by molar-refractivity contribution is -0.385. The van der Waals surface area contributed by atoms with Gasteiger partial charge in [0.15, 0.2) is 5.12 Å². The lowest BCUT2D eigenvalue weighted by Gasteiger charge is -2.31. The highest BCUT2D eigenvalue weighted by Gasteiger charge is 2.42. The molecule has 0 saturated carbocycles. The standard InChI is InChI=1S/C28H31N5O11S/c1-3-12-42-27(36)30-24(14-29-26(35)43-16-19-4-8-21(9-5-19)32(38)39)25-13-23(45-18(2)34)15-31(25)28(37)44-17-20-6-10-22(11-7-20)33(40)41/h3-11,23-25H,1,12-17H2,2H3,(H,29,35)(H,30,36)/t23-,24?,25-/m0/s1. The summed E-state index contributed by atoms with van der Waals surface area (Å²) in [5.41, 5.74) is 0.763. The van der Waals surface area contributed by atoms with Crippen LogP contribution in [-0.4, -0.2) is 75.2 Å². The fourth-order valence-electron chi connectivity index (χ4n) is 4.40. The highest BCUT2D eigenvalue weighted by atomic mass is 32.2. The lowest BCUT2D eigenvalue weighted by atomic mass is 10.1. The predicted octanol–water partition coefficient (Wildman–Crippen LogP) is 4.07. The zero-order chi connectivity index (χ0) is 32.9. The number of hydrogen-bond donors (Lipinski definition) is 2. The van der Waals surface area contributed by atoms with Crippen molar-refractivity contribution in [2.45, 2.75) is 43.9 Å². The second-order valence-electron chi connectivity index (χ2n) is 9.68. The SMILES string of the molecule is C=CCOC(=O)NC(CNC(=O)OCc1ccc([N+](=O)[O-])cc1)[C@@H]1C[C@H](SC(C)=O)CN1C(=O)OCc1ccc([N+](=O)[O-])cc1. The van der Waals surface area contributed by atoms with E-state index in [-0.39, 0.29) is 61.1 Å². The first kappa shape index (κ1) is 34.3. The van der Waals surface area contributed by atoms with Crippen molar-refractivity contribution in [3.63, 3.8) is 0 Å². The summed E-state index contributed by atoms with van der Waals surface area (Å²) in [6.07, 6.45) is -0.860. The fourth-order valence-corrected chi connectivity index (χ4v) is 5.40. The number of carbonyl (C=O) groups is 4. The van der Waals surface area contributed by atoms with Gasteiger partial charge in [-0.15, -0.1) is 0 Å². The van der Waals surface area contributed by atoms with Crippen LogP contribution in [-0.2, 0) is 32.2 Å². The third kappa shape index (κ3) is 10.8. The van der Waals surface area contributed by atoms with Crippen LogP contribution in [0.3, 0.4) is 0 Å². The minimum Gasteiger partial charge on any atom is -0.445 e. The van der Waals surface area contributed by atoms with Gasteiger partial charge in [-0.1, -0.05) is 24.4 Å². The van der Waals surface area contributed by atoms with Gasteiger partial charge in [-0.2, -0.15) is 0 Å². The van der Waals surface area contributed by atoms with Crippen LogP contribution in [0.25, 0.3) is 0 Å². The summed E-state index contributed by atoms with van der Waals surface area (Å²) >= 11 is 1.03. The summed E-state index contributed by atoms with van der Waals surface area (Å²) in [5.74, 6) is 0. The van der Waals surface area contributed by atoms with Crippen molar-refractivity contribution in [2.24, 2.45) is 0 Å². The number of amides is 3. The molecule has 16 nitrogen and oxygen atoms in total. The van der Waals surface area contributed by atoms with Gasteiger partial charge in [-0.25, -0.2) is 14.4 Å². The number of rotatable bonds is 13. The average molecular weight is 646 g/mol. The van der Waals surface area contributed by atoms with Crippen LogP contribution in [0.2, 0.25) is 0 Å². The third-order valence-corrected chi connectivity index (χ3v) is 7.47. The monoisotopic (exact) mass is 645 g/mol. The van der Waals surface area contributed by atoms with Gasteiger partial charge in [-0.3, -0.25) is 25.0 Å². The van der Waals surface area contributed by atoms with Gasteiger partial charge in [-0.05, 0) is 41.8 Å². The van der Waals surface area contributed by atoms with Crippen molar-refractivity contribution in [3.8, 4) is 0 Å². The summed E-state index contributed by atoms with van der Waals surface area (Å²) < 4.78 is 15.7. The number of benzene rings is 2. The fraction of sp³-hybridized carbons (Fsp3) is 0.357. The number of non-ortho nitro benzene ring substituents is 2. The Balaban J connectivity index is 1.71. The number of nitrogens with zero attached hydrogens (tertiary/aromatic N) is 3. The van der Waals surface area contributed by atoms with Crippen molar-refractivity contribution in [2.75, 3.05) is 19.7 Å². The Bertz CT molecular complexity index is 1400. The molecule has 240 valence electrons. The molecule has 2 aromatic rings. The summed E-state index contributed by atoms with van der Waals surface area (Å²) in [7, 11) is 0. The van der Waals surface area contributed by atoms with Crippen molar-refractivity contribution >= 4 is 46.5 Å². The summed E-state index contributed by atoms with van der Waals surface area (Å²) in [6.45, 7) is 4.28. The van der Waals surface area contributed by atoms with E-state index in [4.69, 9.17) is 14.2 Å². The smallest absolute Gasteiger partial charge is 0.410 e. The number of nitrogens with one attached hydrogen (secondary N) is 2. The van der Waals surface area contributed by atoms with Gasteiger partial charge in [0.25, 0.3) is 11.4 Å². The number of ether oxygens (including phenoxy) is 3. The third-order valence-electron chi connectivity index (χ3n) is 6.47. The van der Waals surface area contributed by atoms with Crippen LogP contribution in [0, 0.1) is 20.2 Å². The maximum Gasteiger partial charge on any atom is 0.410 e. The molecule has 0 spiro atoms. The van der Waals surface area contributed by atoms with Gasteiger partial charge in [0.05, 0.1) is 21.9 Å². The second-order valence-corrected chi connectivity index (χ2v) is 11.2. The minimum absolute atomic E-state index is 0.0957. The van der Waals surface area contributed by atoms with Gasteiger partial charge < -0.3 is 29.7 Å². The van der Waals surface area contributed by atoms with E-state index < -0.39 is 40.2 Å². The first-order chi connectivity index (χ1) is 21.5. The normalized spacial score (nSPS) is 16.2. The largest absolute Gasteiger partial charge is 0.445 e. The molecule has 0 bridgehead atoms. The number of carbonyl (C=O) groups excluding carboxylic acids is 4. The second kappa shape index (κ2) is 16.6. The van der Waals surface area contributed by atoms with Gasteiger partial charge in [0, 0.05) is 49.5 Å². The number of nitro groups is 2. The van der Waals surface area contributed by atoms with E-state index in [1.165, 1.54) is 66.4 Å². The topological polar surface area (TPSA) is 210 Å². The summed E-state index contributed by atoms with van der Waals surface area (Å²) in [4.78, 5) is 72.1. The maximum atomic E-state index is 13.3. The Morgan fingerprint density at radius 2 is 1.51 bits per heavy atom. The van der Waals surface area contributed by atoms with E-state index in [1.807, 2.05) is 0 Å². The van der Waals surface area contributed by atoms with Crippen LogP contribution in [0.5, 0.6) is 0 Å². The predicted molar refractivity (Wildman–Crippen MR) is 160 cm³/mol. The van der Waals surface area contributed by atoms with E-state index in [9.17, 15) is 39.4 Å². The molecule has 1 heterocycles. The van der Waals surface area contributed by atoms with Crippen LogP contribution >= 0.6 is 11.8 Å². The molecule has 1 aliphatic rings. The summed E-state index contributed by atoms with van der Waals surface area (Å²) in [6, 6.07) is 9.23. The number of thioether (sulfide) groups is 1. The Morgan fingerprint density at radius 3 is 2.02 bits per heavy atom. The van der Waals surface area contributed by atoms with Crippen LogP contribution in [0.15, 0.2) is 61.2 Å². The highest BCUT2D eigenvalue weighted by molar-refractivity contribution is 8.14. The van der Waals surface area contributed by atoms with Crippen molar-refractivity contribution < 1.29 is 43.2 Å². The number of hydrogen-bond acceptors (Lipinski definition) is 12. The maximum absolute atomic E-state index is 13.3. The average Bonchev–Trinajstić information content (AvgIpc) is 3.43. The molecule has 0 radical (unpaired) electrons. The van der Waals surface area contributed by atoms with E-state index >= 15 is 0 Å². The first-order valence-electron chi connectivity index (χ1n) is 13.5. The molecule has 3 atom stereocenters. The van der Waals surface area contributed by atoms with E-state index in [0.29, 0.717) is 11.1 Å². The molecule has 45 heavy (non-hydrogen) atoms. The first-order valence-corrected chi connectivity index (χ1v) is 14.4. The lowest BCUT2D eigenvalue weighted by Crippen LogP contribution is -2.55. The van der Waals surface area contributed by atoms with Gasteiger partial charge in [0.1, 0.15) is 19.8 Å². The molecular weight excluding hydrogens is 614 g/mol. The van der Waals surface area contributed by atoms with E-state index in [1.54, 1.807) is 0 Å². The molecule has 2 N–H and O–H groups in total. The number of nitro benzene ring substituents is 2. The minimum atomic E-state index is -0.918. The van der Waals surface area contributed by atoms with E-state index in [0.717, 1.165) is 11.8 Å². The molecule has 3 amide bonds. The van der Waals surface area contributed by atoms with Gasteiger partial charge in [0.2, 0.25) is 0 Å². The van der Waals surface area contributed by atoms with Crippen molar-refractivity contribution in [3.05, 3.63) is 92.5 Å². The summed E-state index contributed by atoms with van der Waals surface area (Å²) in [5, 5.41) is 26.4. The Labute approximate surface area is 261 Å². The number of alkyl carbamates (subject to hydrolysis) is 2. The van der Waals surface area contributed by atoms with Crippen LogP contribution < -0.4 is 10.6 Å². The van der Waals surface area contributed by atoms with Crippen LogP contribution in [0.4, 0.5) is 25.8 Å². The quantitative estimate of drug-likeness (QED) is 0.137. The molecule has 1 aliphatic heterocycles. The zero-order valence-corrected chi connectivity index (χ0v) is 24.9. The molecule has 3 rings (SSSR count). The molecule has 1 saturated heterocycles. The highest BCUT2D eigenvalue weighted by Crippen LogP contribution is 2.31. The molecule has 0 aromatic heterocycles. The molecular formula is C28H31N5O11S.